The molecule has 0 aliphatic heterocycles. The minimum Gasteiger partial charge on any atom is -0.444 e. The Morgan fingerprint density at radius 2 is 1.48 bits per heavy atom. The molecule has 1 saturated carbocycles. The summed E-state index contributed by atoms with van der Waals surface area (Å²) in [5, 5.41) is 4.48. The Labute approximate surface area is 121 Å². The highest BCUT2D eigenvalue weighted by atomic mass is 19.4. The van der Waals surface area contributed by atoms with Crippen molar-refractivity contribution in [2.24, 2.45) is 0 Å². The van der Waals surface area contributed by atoms with Crippen LogP contribution in [0.15, 0.2) is 0 Å². The van der Waals surface area contributed by atoms with Crippen LogP contribution in [0.25, 0.3) is 0 Å². The molecule has 5 nitrogen and oxygen atoms in total. The van der Waals surface area contributed by atoms with Gasteiger partial charge in [-0.2, -0.15) is 13.2 Å². The highest BCUT2D eigenvalue weighted by molar-refractivity contribution is 5.82. The second kappa shape index (κ2) is 6.53. The fraction of sp³-hybridized carbons (Fsp3) is 0.846. The van der Waals surface area contributed by atoms with E-state index in [2.05, 4.69) is 5.32 Å². The van der Waals surface area contributed by atoms with Crippen molar-refractivity contribution in [3.05, 3.63) is 0 Å². The van der Waals surface area contributed by atoms with Crippen molar-refractivity contribution in [1.29, 1.82) is 0 Å². The SMILES string of the molecule is CC(C)(C)OC(=O)N[C@H]1CCCC[C@H]1NC(=O)C(F)(F)F. The van der Waals surface area contributed by atoms with Crippen LogP contribution in [0.5, 0.6) is 0 Å². The second-order valence-electron chi connectivity index (χ2n) is 6.11. The molecule has 8 heteroatoms. The summed E-state index contributed by atoms with van der Waals surface area (Å²) >= 11 is 0. The molecule has 2 N–H and O–H groups in total. The maximum Gasteiger partial charge on any atom is 0.471 e. The predicted molar refractivity (Wildman–Crippen MR) is 69.6 cm³/mol. The van der Waals surface area contributed by atoms with Gasteiger partial charge in [0, 0.05) is 6.04 Å². The summed E-state index contributed by atoms with van der Waals surface area (Å²) in [6.07, 6.45) is -3.24. The van der Waals surface area contributed by atoms with Gasteiger partial charge in [0.05, 0.1) is 6.04 Å². The number of hydrogen-bond acceptors (Lipinski definition) is 3. The fourth-order valence-corrected chi connectivity index (χ4v) is 2.19. The van der Waals surface area contributed by atoms with E-state index in [-0.39, 0.29) is 0 Å². The Balaban J connectivity index is 2.61. The first-order valence-electron chi connectivity index (χ1n) is 6.86. The summed E-state index contributed by atoms with van der Waals surface area (Å²) in [4.78, 5) is 22.7. The maximum atomic E-state index is 12.3. The molecule has 1 aliphatic rings. The number of alkyl halides is 3. The van der Waals surface area contributed by atoms with Gasteiger partial charge in [-0.05, 0) is 33.6 Å². The van der Waals surface area contributed by atoms with Crippen molar-refractivity contribution < 1.29 is 27.5 Å². The molecule has 0 unspecified atom stereocenters. The Morgan fingerprint density at radius 1 is 1.00 bits per heavy atom. The maximum absolute atomic E-state index is 12.3. The third-order valence-electron chi connectivity index (χ3n) is 3.04. The summed E-state index contributed by atoms with van der Waals surface area (Å²) in [6.45, 7) is 5.07. The zero-order valence-corrected chi connectivity index (χ0v) is 12.3. The van der Waals surface area contributed by atoms with Crippen LogP contribution >= 0.6 is 0 Å². The normalized spacial score (nSPS) is 23.3. The van der Waals surface area contributed by atoms with Gasteiger partial charge >= 0.3 is 18.2 Å². The molecule has 2 amide bonds. The van der Waals surface area contributed by atoms with E-state index in [9.17, 15) is 22.8 Å². The van der Waals surface area contributed by atoms with E-state index < -0.39 is 35.9 Å². The molecule has 0 aromatic carbocycles. The molecule has 0 saturated heterocycles. The van der Waals surface area contributed by atoms with Gasteiger partial charge in [-0.15, -0.1) is 0 Å². The summed E-state index contributed by atoms with van der Waals surface area (Å²) in [5.74, 6) is -1.98. The Hall–Kier alpha value is -1.47. The molecule has 0 spiro atoms. The lowest BCUT2D eigenvalue weighted by molar-refractivity contribution is -0.174. The lowest BCUT2D eigenvalue weighted by atomic mass is 9.90. The number of rotatable bonds is 2. The van der Waals surface area contributed by atoms with Gasteiger partial charge in [0.25, 0.3) is 0 Å². The first-order valence-corrected chi connectivity index (χ1v) is 6.86. The second-order valence-corrected chi connectivity index (χ2v) is 6.11. The van der Waals surface area contributed by atoms with Crippen molar-refractivity contribution in [3.8, 4) is 0 Å². The van der Waals surface area contributed by atoms with E-state index in [1.165, 1.54) is 0 Å². The van der Waals surface area contributed by atoms with E-state index in [0.29, 0.717) is 19.3 Å². The van der Waals surface area contributed by atoms with Crippen LogP contribution in [-0.2, 0) is 9.53 Å². The molecule has 0 aromatic rings. The average molecular weight is 310 g/mol. The summed E-state index contributed by atoms with van der Waals surface area (Å²) in [6, 6.07) is -1.29. The van der Waals surface area contributed by atoms with E-state index in [4.69, 9.17) is 4.74 Å². The molecule has 122 valence electrons. The van der Waals surface area contributed by atoms with Gasteiger partial charge in [0.1, 0.15) is 5.60 Å². The smallest absolute Gasteiger partial charge is 0.444 e. The van der Waals surface area contributed by atoms with Crippen LogP contribution in [0.4, 0.5) is 18.0 Å². The summed E-state index contributed by atoms with van der Waals surface area (Å²) in [7, 11) is 0. The lowest BCUT2D eigenvalue weighted by Gasteiger charge is -2.33. The van der Waals surface area contributed by atoms with Crippen LogP contribution in [0.2, 0.25) is 0 Å². The van der Waals surface area contributed by atoms with E-state index in [1.807, 2.05) is 5.32 Å². The van der Waals surface area contributed by atoms with Crippen molar-refractivity contribution in [3.63, 3.8) is 0 Å². The van der Waals surface area contributed by atoms with Crippen molar-refractivity contribution in [1.82, 2.24) is 10.6 Å². The highest BCUT2D eigenvalue weighted by Gasteiger charge is 2.41. The van der Waals surface area contributed by atoms with Gasteiger partial charge in [-0.3, -0.25) is 4.79 Å². The lowest BCUT2D eigenvalue weighted by Crippen LogP contribution is -2.56. The van der Waals surface area contributed by atoms with Crippen LogP contribution < -0.4 is 10.6 Å². The van der Waals surface area contributed by atoms with Crippen LogP contribution in [0.1, 0.15) is 46.5 Å². The summed E-state index contributed by atoms with van der Waals surface area (Å²) < 4.78 is 42.0. The molecule has 0 radical (unpaired) electrons. The van der Waals surface area contributed by atoms with Crippen molar-refractivity contribution in [2.75, 3.05) is 0 Å². The quantitative estimate of drug-likeness (QED) is 0.823. The number of nitrogens with one attached hydrogen (secondary N) is 2. The molecular formula is C13H21F3N2O3. The first-order chi connectivity index (χ1) is 9.49. The zero-order valence-electron chi connectivity index (χ0n) is 12.3. The molecular weight excluding hydrogens is 289 g/mol. The third kappa shape index (κ3) is 6.22. The molecule has 21 heavy (non-hydrogen) atoms. The average Bonchev–Trinajstić information content (AvgIpc) is 2.27. The standard InChI is InChI=1S/C13H21F3N2O3/c1-12(2,3)21-11(20)18-9-7-5-4-6-8(9)17-10(19)13(14,15)16/h8-9H,4-7H2,1-3H3,(H,17,19)(H,18,20)/t8-,9+/m1/s1. The summed E-state index contributed by atoms with van der Waals surface area (Å²) in [5.41, 5.74) is -0.691. The highest BCUT2D eigenvalue weighted by Crippen LogP contribution is 2.22. The molecule has 1 rings (SSSR count). The van der Waals surface area contributed by atoms with Gasteiger partial charge in [-0.25, -0.2) is 4.79 Å². The first kappa shape index (κ1) is 17.6. The number of amides is 2. The van der Waals surface area contributed by atoms with Gasteiger partial charge in [0.2, 0.25) is 0 Å². The van der Waals surface area contributed by atoms with Gasteiger partial charge in [-0.1, -0.05) is 12.8 Å². The minimum atomic E-state index is -4.92. The number of carbonyl (C=O) groups excluding carboxylic acids is 2. The topological polar surface area (TPSA) is 67.4 Å². The Kier molecular flexibility index (Phi) is 5.47. The molecule has 1 aliphatic carbocycles. The van der Waals surface area contributed by atoms with E-state index >= 15 is 0 Å². The van der Waals surface area contributed by atoms with Crippen LogP contribution in [0, 0.1) is 0 Å². The van der Waals surface area contributed by atoms with E-state index in [1.54, 1.807) is 20.8 Å². The Bertz CT molecular complexity index is 391. The van der Waals surface area contributed by atoms with Crippen LogP contribution in [-0.4, -0.2) is 35.9 Å². The van der Waals surface area contributed by atoms with Gasteiger partial charge in [0.15, 0.2) is 0 Å². The zero-order chi connectivity index (χ0) is 16.3. The number of hydrogen-bond donors (Lipinski definition) is 2. The monoisotopic (exact) mass is 310 g/mol. The Morgan fingerprint density at radius 3 is 1.90 bits per heavy atom. The van der Waals surface area contributed by atoms with Crippen molar-refractivity contribution >= 4 is 12.0 Å². The largest absolute Gasteiger partial charge is 0.471 e. The third-order valence-corrected chi connectivity index (χ3v) is 3.04. The van der Waals surface area contributed by atoms with E-state index in [0.717, 1.165) is 6.42 Å². The van der Waals surface area contributed by atoms with Gasteiger partial charge < -0.3 is 15.4 Å². The molecule has 0 bridgehead atoms. The number of alkyl carbamates (subject to hydrolysis) is 1. The molecule has 0 heterocycles. The number of carbonyl (C=O) groups is 2. The molecule has 0 aromatic heterocycles. The molecule has 1 fully saturated rings. The molecule has 2 atom stereocenters. The van der Waals surface area contributed by atoms with Crippen molar-refractivity contribution in [2.45, 2.75) is 70.3 Å². The number of ether oxygens (including phenoxy) is 1. The number of halogens is 3. The fourth-order valence-electron chi connectivity index (χ4n) is 2.19. The minimum absolute atomic E-state index is 0.391. The predicted octanol–water partition coefficient (Wildman–Crippen LogP) is 2.50. The van der Waals surface area contributed by atoms with Crippen LogP contribution in [0.3, 0.4) is 0 Å².